The van der Waals surface area contributed by atoms with E-state index in [2.05, 4.69) is 36.1 Å². The molecule has 0 aliphatic carbocycles. The summed E-state index contributed by atoms with van der Waals surface area (Å²) in [7, 11) is 1.67. The molecule has 0 amide bonds. The van der Waals surface area contributed by atoms with Gasteiger partial charge in [-0.25, -0.2) is 0 Å². The van der Waals surface area contributed by atoms with Crippen LogP contribution in [0.3, 0.4) is 0 Å². The summed E-state index contributed by atoms with van der Waals surface area (Å²) in [6.45, 7) is 7.72. The van der Waals surface area contributed by atoms with Crippen LogP contribution in [0.1, 0.15) is 12.5 Å². The van der Waals surface area contributed by atoms with E-state index in [1.165, 1.54) is 5.69 Å². The van der Waals surface area contributed by atoms with Crippen LogP contribution in [0.4, 0.5) is 5.69 Å². The van der Waals surface area contributed by atoms with Crippen molar-refractivity contribution in [3.63, 3.8) is 0 Å². The van der Waals surface area contributed by atoms with Crippen molar-refractivity contribution in [2.45, 2.75) is 13.5 Å². The van der Waals surface area contributed by atoms with Gasteiger partial charge in [-0.2, -0.15) is 0 Å². The second kappa shape index (κ2) is 11.5. The van der Waals surface area contributed by atoms with E-state index in [0.29, 0.717) is 39.6 Å². The van der Waals surface area contributed by atoms with E-state index in [4.69, 9.17) is 19.9 Å². The highest BCUT2D eigenvalue weighted by Crippen LogP contribution is 2.14. The molecule has 1 rings (SSSR count). The predicted molar refractivity (Wildman–Crippen MR) is 85.7 cm³/mol. The molecule has 0 saturated heterocycles. The second-order valence-electron chi connectivity index (χ2n) is 4.67. The molecule has 5 nitrogen and oxygen atoms in total. The number of nitrogens with two attached hydrogens (primary N) is 1. The van der Waals surface area contributed by atoms with Gasteiger partial charge >= 0.3 is 0 Å². The number of nitrogens with zero attached hydrogens (tertiary/aromatic N) is 1. The van der Waals surface area contributed by atoms with Crippen LogP contribution < -0.4 is 10.6 Å². The van der Waals surface area contributed by atoms with Crippen molar-refractivity contribution in [2.75, 3.05) is 58.1 Å². The number of methoxy groups -OCH3 is 1. The first-order valence-electron chi connectivity index (χ1n) is 7.50. The third-order valence-electron chi connectivity index (χ3n) is 3.23. The number of anilines is 1. The molecule has 0 aliphatic heterocycles. The number of hydrogen-bond donors (Lipinski definition) is 1. The van der Waals surface area contributed by atoms with Crippen molar-refractivity contribution in [2.24, 2.45) is 5.73 Å². The zero-order valence-corrected chi connectivity index (χ0v) is 13.2. The average molecular weight is 296 g/mol. The third-order valence-corrected chi connectivity index (χ3v) is 3.23. The van der Waals surface area contributed by atoms with E-state index in [0.717, 1.165) is 18.7 Å². The molecule has 1 aromatic carbocycles. The van der Waals surface area contributed by atoms with Gasteiger partial charge in [0.25, 0.3) is 0 Å². The first kappa shape index (κ1) is 17.9. The van der Waals surface area contributed by atoms with Crippen LogP contribution >= 0.6 is 0 Å². The zero-order valence-electron chi connectivity index (χ0n) is 13.2. The minimum atomic E-state index is 0.582. The zero-order chi connectivity index (χ0) is 15.3. The van der Waals surface area contributed by atoms with Gasteiger partial charge in [0.05, 0.1) is 33.0 Å². The standard InChI is InChI=1S/C16H28N2O3/c1-3-18(16-6-4-15(14-17)5-7-16)8-9-20-12-13-21-11-10-19-2/h4-7H,3,8-14,17H2,1-2H3. The average Bonchev–Trinajstić information content (AvgIpc) is 2.54. The van der Waals surface area contributed by atoms with E-state index in [-0.39, 0.29) is 0 Å². The lowest BCUT2D eigenvalue weighted by molar-refractivity contribution is 0.0265. The fraction of sp³-hybridized carbons (Fsp3) is 0.625. The van der Waals surface area contributed by atoms with Crippen LogP contribution in [0.2, 0.25) is 0 Å². The van der Waals surface area contributed by atoms with Gasteiger partial charge in [0, 0.05) is 32.4 Å². The molecular weight excluding hydrogens is 268 g/mol. The van der Waals surface area contributed by atoms with Crippen molar-refractivity contribution in [1.82, 2.24) is 0 Å². The molecule has 0 aromatic heterocycles. The van der Waals surface area contributed by atoms with E-state index >= 15 is 0 Å². The van der Waals surface area contributed by atoms with Gasteiger partial charge < -0.3 is 24.8 Å². The van der Waals surface area contributed by atoms with Crippen LogP contribution in [0, 0.1) is 0 Å². The molecule has 120 valence electrons. The summed E-state index contributed by atoms with van der Waals surface area (Å²) in [5.74, 6) is 0. The molecule has 2 N–H and O–H groups in total. The summed E-state index contributed by atoms with van der Waals surface area (Å²) in [5.41, 5.74) is 7.97. The molecule has 0 fully saturated rings. The number of ether oxygens (including phenoxy) is 3. The Balaban J connectivity index is 2.18. The van der Waals surface area contributed by atoms with Gasteiger partial charge in [0.2, 0.25) is 0 Å². The topological polar surface area (TPSA) is 57.0 Å². The smallest absolute Gasteiger partial charge is 0.0701 e. The van der Waals surface area contributed by atoms with Crippen LogP contribution in [0.5, 0.6) is 0 Å². The minimum absolute atomic E-state index is 0.582. The first-order valence-corrected chi connectivity index (χ1v) is 7.50. The lowest BCUT2D eigenvalue weighted by atomic mass is 10.2. The van der Waals surface area contributed by atoms with Crippen LogP contribution in [-0.2, 0) is 20.8 Å². The lowest BCUT2D eigenvalue weighted by Crippen LogP contribution is -2.27. The molecule has 0 saturated carbocycles. The molecule has 0 unspecified atom stereocenters. The van der Waals surface area contributed by atoms with Crippen molar-refractivity contribution in [3.8, 4) is 0 Å². The van der Waals surface area contributed by atoms with Gasteiger partial charge in [-0.1, -0.05) is 12.1 Å². The Bertz CT molecular complexity index is 357. The van der Waals surface area contributed by atoms with Gasteiger partial charge in [-0.05, 0) is 24.6 Å². The van der Waals surface area contributed by atoms with E-state index in [1.807, 2.05) is 0 Å². The maximum Gasteiger partial charge on any atom is 0.0701 e. The number of rotatable bonds is 12. The molecule has 0 heterocycles. The minimum Gasteiger partial charge on any atom is -0.382 e. The molecule has 0 aliphatic rings. The lowest BCUT2D eigenvalue weighted by Gasteiger charge is -2.23. The number of hydrogen-bond acceptors (Lipinski definition) is 5. The molecule has 0 spiro atoms. The highest BCUT2D eigenvalue weighted by molar-refractivity contribution is 5.47. The molecule has 0 radical (unpaired) electrons. The predicted octanol–water partition coefficient (Wildman–Crippen LogP) is 1.65. The summed E-state index contributed by atoms with van der Waals surface area (Å²) in [5, 5.41) is 0. The monoisotopic (exact) mass is 296 g/mol. The largest absolute Gasteiger partial charge is 0.382 e. The van der Waals surface area contributed by atoms with Gasteiger partial charge in [-0.15, -0.1) is 0 Å². The molecule has 1 aromatic rings. The fourth-order valence-electron chi connectivity index (χ4n) is 1.95. The summed E-state index contributed by atoms with van der Waals surface area (Å²) in [6.07, 6.45) is 0. The van der Waals surface area contributed by atoms with Gasteiger partial charge in [0.1, 0.15) is 0 Å². The van der Waals surface area contributed by atoms with E-state index in [1.54, 1.807) is 7.11 Å². The number of benzene rings is 1. The summed E-state index contributed by atoms with van der Waals surface area (Å²) in [4.78, 5) is 2.28. The Kier molecular flexibility index (Phi) is 9.82. The van der Waals surface area contributed by atoms with Crippen molar-refractivity contribution in [1.29, 1.82) is 0 Å². The fourth-order valence-corrected chi connectivity index (χ4v) is 1.95. The molecule has 21 heavy (non-hydrogen) atoms. The Morgan fingerprint density at radius 3 is 2.14 bits per heavy atom. The van der Waals surface area contributed by atoms with Crippen molar-refractivity contribution < 1.29 is 14.2 Å². The Hall–Kier alpha value is -1.14. The summed E-state index contributed by atoms with van der Waals surface area (Å²) in [6, 6.07) is 8.37. The van der Waals surface area contributed by atoms with Crippen LogP contribution in [0.25, 0.3) is 0 Å². The quantitative estimate of drug-likeness (QED) is 0.594. The highest BCUT2D eigenvalue weighted by atomic mass is 16.5. The van der Waals surface area contributed by atoms with Crippen molar-refractivity contribution >= 4 is 5.69 Å². The second-order valence-corrected chi connectivity index (χ2v) is 4.67. The first-order chi connectivity index (χ1) is 10.3. The van der Waals surface area contributed by atoms with E-state index < -0.39 is 0 Å². The number of likely N-dealkylation sites (N-methyl/N-ethyl adjacent to an activating group) is 1. The Morgan fingerprint density at radius 2 is 1.57 bits per heavy atom. The maximum atomic E-state index is 5.61. The summed E-state index contributed by atoms with van der Waals surface area (Å²) >= 11 is 0. The normalized spacial score (nSPS) is 10.8. The molecule has 0 bridgehead atoms. The van der Waals surface area contributed by atoms with Gasteiger partial charge in [-0.3, -0.25) is 0 Å². The molecule has 0 atom stereocenters. The molecular formula is C16H28N2O3. The van der Waals surface area contributed by atoms with Crippen LogP contribution in [-0.4, -0.2) is 53.2 Å². The van der Waals surface area contributed by atoms with Crippen molar-refractivity contribution in [3.05, 3.63) is 29.8 Å². The Morgan fingerprint density at radius 1 is 0.952 bits per heavy atom. The third kappa shape index (κ3) is 7.43. The van der Waals surface area contributed by atoms with Gasteiger partial charge in [0.15, 0.2) is 0 Å². The highest BCUT2D eigenvalue weighted by Gasteiger charge is 2.03. The SMILES string of the molecule is CCN(CCOCCOCCOC)c1ccc(CN)cc1. The van der Waals surface area contributed by atoms with Crippen LogP contribution in [0.15, 0.2) is 24.3 Å². The Labute approximate surface area is 128 Å². The van der Waals surface area contributed by atoms with E-state index in [9.17, 15) is 0 Å². The molecule has 5 heteroatoms. The summed E-state index contributed by atoms with van der Waals surface area (Å²) < 4.78 is 15.8. The maximum absolute atomic E-state index is 5.61.